The number of hydrogen-bond acceptors (Lipinski definition) is 3. The van der Waals surface area contributed by atoms with E-state index < -0.39 is 23.7 Å². The Balaban J connectivity index is 1.77. The molecule has 1 aromatic carbocycles. The van der Waals surface area contributed by atoms with Gasteiger partial charge in [0, 0.05) is 19.7 Å². The van der Waals surface area contributed by atoms with Crippen LogP contribution in [0.1, 0.15) is 16.8 Å². The number of halogens is 3. The number of aromatic nitrogens is 2. The van der Waals surface area contributed by atoms with Crippen molar-refractivity contribution in [1.82, 2.24) is 14.7 Å². The van der Waals surface area contributed by atoms with E-state index in [9.17, 15) is 22.8 Å². The molecule has 1 aliphatic heterocycles. The van der Waals surface area contributed by atoms with Gasteiger partial charge >= 0.3 is 12.2 Å². The summed E-state index contributed by atoms with van der Waals surface area (Å²) in [4.78, 5) is 27.0. The summed E-state index contributed by atoms with van der Waals surface area (Å²) >= 11 is 0. The maximum absolute atomic E-state index is 12.6. The van der Waals surface area contributed by atoms with Crippen molar-refractivity contribution in [3.8, 4) is 0 Å². The molecule has 0 unspecified atom stereocenters. The molecule has 1 fully saturated rings. The van der Waals surface area contributed by atoms with Crippen LogP contribution in [0.3, 0.4) is 0 Å². The van der Waals surface area contributed by atoms with Gasteiger partial charge in [-0.15, -0.1) is 0 Å². The summed E-state index contributed by atoms with van der Waals surface area (Å²) in [6.45, 7) is 1.66. The number of alkyl halides is 3. The van der Waals surface area contributed by atoms with Gasteiger partial charge in [-0.2, -0.15) is 18.3 Å². The predicted molar refractivity (Wildman–Crippen MR) is 82.7 cm³/mol. The molecular weight excluding hydrogens is 337 g/mol. The van der Waals surface area contributed by atoms with Gasteiger partial charge in [-0.05, 0) is 24.6 Å². The summed E-state index contributed by atoms with van der Waals surface area (Å²) in [6.07, 6.45) is -4.41. The number of carbonyl (C=O) groups excluding carboxylic acids is 2. The summed E-state index contributed by atoms with van der Waals surface area (Å²) in [6, 6.07) is 5.62. The van der Waals surface area contributed by atoms with E-state index in [0.29, 0.717) is 17.1 Å². The topological polar surface area (TPSA) is 58.4 Å². The first kappa shape index (κ1) is 17.0. The Hall–Kier alpha value is -2.84. The highest BCUT2D eigenvalue weighted by atomic mass is 19.4. The number of imide groups is 1. The Morgan fingerprint density at radius 2 is 1.80 bits per heavy atom. The first-order valence-electron chi connectivity index (χ1n) is 7.45. The molecule has 1 aromatic heterocycles. The molecule has 0 radical (unpaired) electrons. The van der Waals surface area contributed by atoms with Gasteiger partial charge in [-0.1, -0.05) is 12.1 Å². The number of aryl methyl sites for hydroxylation is 2. The molecule has 25 heavy (non-hydrogen) atoms. The zero-order valence-electron chi connectivity index (χ0n) is 13.5. The molecule has 1 saturated heterocycles. The molecule has 0 saturated carbocycles. The molecule has 2 heterocycles. The van der Waals surface area contributed by atoms with Crippen LogP contribution in [0.4, 0.5) is 23.8 Å². The van der Waals surface area contributed by atoms with Gasteiger partial charge in [0.25, 0.3) is 5.91 Å². The molecule has 3 rings (SSSR count). The minimum atomic E-state index is -4.41. The van der Waals surface area contributed by atoms with Gasteiger partial charge in [0.1, 0.15) is 12.4 Å². The van der Waals surface area contributed by atoms with Crippen LogP contribution in [0, 0.1) is 6.92 Å². The fourth-order valence-electron chi connectivity index (χ4n) is 2.72. The van der Waals surface area contributed by atoms with Gasteiger partial charge in [-0.3, -0.25) is 9.48 Å². The van der Waals surface area contributed by atoms with Crippen LogP contribution in [-0.4, -0.2) is 33.2 Å². The van der Waals surface area contributed by atoms with Gasteiger partial charge in [0.15, 0.2) is 0 Å². The average Bonchev–Trinajstić information content (AvgIpc) is 2.97. The van der Waals surface area contributed by atoms with Crippen LogP contribution >= 0.6 is 0 Å². The van der Waals surface area contributed by atoms with E-state index in [1.54, 1.807) is 20.0 Å². The number of nitrogens with zero attached hydrogens (tertiary/aromatic N) is 4. The predicted octanol–water partition coefficient (Wildman–Crippen LogP) is 2.72. The lowest BCUT2D eigenvalue weighted by atomic mass is 10.1. The molecule has 6 nitrogen and oxygen atoms in total. The Kier molecular flexibility index (Phi) is 4.02. The number of urea groups is 1. The smallest absolute Gasteiger partial charge is 0.310 e. The highest BCUT2D eigenvalue weighted by Gasteiger charge is 2.38. The number of benzene rings is 1. The monoisotopic (exact) mass is 352 g/mol. The Labute approximate surface area is 141 Å². The van der Waals surface area contributed by atoms with E-state index in [1.165, 1.54) is 21.7 Å². The molecule has 0 atom stereocenters. The minimum Gasteiger partial charge on any atom is -0.310 e. The maximum Gasteiger partial charge on any atom is 0.416 e. The van der Waals surface area contributed by atoms with Crippen LogP contribution in [0.15, 0.2) is 30.3 Å². The second kappa shape index (κ2) is 5.91. The molecule has 9 heteroatoms. The molecule has 1 aliphatic rings. The molecule has 132 valence electrons. The van der Waals surface area contributed by atoms with Crippen molar-refractivity contribution in [2.75, 3.05) is 11.4 Å². The van der Waals surface area contributed by atoms with Gasteiger partial charge in [-0.25, -0.2) is 9.69 Å². The van der Waals surface area contributed by atoms with Crippen molar-refractivity contribution in [3.63, 3.8) is 0 Å². The number of rotatable bonds is 3. The van der Waals surface area contributed by atoms with Gasteiger partial charge in [0.2, 0.25) is 0 Å². The van der Waals surface area contributed by atoms with E-state index in [1.807, 2.05) is 0 Å². The summed E-state index contributed by atoms with van der Waals surface area (Å²) in [7, 11) is 1.63. The van der Waals surface area contributed by atoms with Crippen LogP contribution < -0.4 is 4.90 Å². The number of amides is 3. The highest BCUT2D eigenvalue weighted by molar-refractivity contribution is 6.19. The lowest BCUT2D eigenvalue weighted by molar-refractivity contribution is -0.137. The summed E-state index contributed by atoms with van der Waals surface area (Å²) in [5.41, 5.74) is 0.420. The Morgan fingerprint density at radius 3 is 2.32 bits per heavy atom. The van der Waals surface area contributed by atoms with Crippen molar-refractivity contribution in [2.24, 2.45) is 7.05 Å². The SMILES string of the molecule is Cc1cc(N2C(=O)CN(Cc3ccc(C(F)(F)F)cc3)C2=O)n(C)n1. The Morgan fingerprint density at radius 1 is 1.16 bits per heavy atom. The van der Waals surface area contributed by atoms with E-state index in [-0.39, 0.29) is 13.1 Å². The van der Waals surface area contributed by atoms with Crippen molar-refractivity contribution >= 4 is 17.8 Å². The first-order valence-corrected chi connectivity index (χ1v) is 7.45. The molecular formula is C16H15F3N4O2. The Bertz CT molecular complexity index is 827. The van der Waals surface area contributed by atoms with Crippen LogP contribution in [-0.2, 0) is 24.6 Å². The number of anilines is 1. The van der Waals surface area contributed by atoms with Crippen LogP contribution in [0.25, 0.3) is 0 Å². The first-order chi connectivity index (χ1) is 11.7. The summed E-state index contributed by atoms with van der Waals surface area (Å²) in [5.74, 6) is -0.0395. The zero-order valence-corrected chi connectivity index (χ0v) is 13.5. The van der Waals surface area contributed by atoms with E-state index in [4.69, 9.17) is 0 Å². The van der Waals surface area contributed by atoms with E-state index in [0.717, 1.165) is 17.0 Å². The zero-order chi connectivity index (χ0) is 18.4. The highest BCUT2D eigenvalue weighted by Crippen LogP contribution is 2.29. The minimum absolute atomic E-state index is 0.0516. The number of hydrogen-bond donors (Lipinski definition) is 0. The lowest BCUT2D eigenvalue weighted by Crippen LogP contribution is -2.34. The molecule has 0 aliphatic carbocycles. The van der Waals surface area contributed by atoms with Gasteiger partial charge in [0.05, 0.1) is 11.3 Å². The summed E-state index contributed by atoms with van der Waals surface area (Å²) in [5, 5.41) is 4.11. The third-order valence-electron chi connectivity index (χ3n) is 3.90. The maximum atomic E-state index is 12.6. The largest absolute Gasteiger partial charge is 0.416 e. The second-order valence-corrected chi connectivity index (χ2v) is 5.83. The number of carbonyl (C=O) groups is 2. The lowest BCUT2D eigenvalue weighted by Gasteiger charge is -2.17. The summed E-state index contributed by atoms with van der Waals surface area (Å²) < 4.78 is 39.2. The fraction of sp³-hybridized carbons (Fsp3) is 0.312. The molecule has 0 spiro atoms. The van der Waals surface area contributed by atoms with Crippen molar-refractivity contribution < 1.29 is 22.8 Å². The van der Waals surface area contributed by atoms with E-state index >= 15 is 0 Å². The van der Waals surface area contributed by atoms with E-state index in [2.05, 4.69) is 5.10 Å². The van der Waals surface area contributed by atoms with Crippen LogP contribution in [0.5, 0.6) is 0 Å². The van der Waals surface area contributed by atoms with Gasteiger partial charge < -0.3 is 4.90 Å². The molecule has 2 aromatic rings. The fourth-order valence-corrected chi connectivity index (χ4v) is 2.72. The standard InChI is InChI=1S/C16H15F3N4O2/c1-10-7-13(21(2)20-10)23-14(24)9-22(15(23)25)8-11-3-5-12(6-4-11)16(17,18)19/h3-7H,8-9H2,1-2H3. The third-order valence-corrected chi connectivity index (χ3v) is 3.90. The quantitative estimate of drug-likeness (QED) is 0.798. The van der Waals surface area contributed by atoms with Crippen molar-refractivity contribution in [3.05, 3.63) is 47.2 Å². The van der Waals surface area contributed by atoms with Crippen LogP contribution in [0.2, 0.25) is 0 Å². The normalized spacial score (nSPS) is 15.4. The average molecular weight is 352 g/mol. The third kappa shape index (κ3) is 3.21. The molecule has 0 bridgehead atoms. The van der Waals surface area contributed by atoms with Crippen molar-refractivity contribution in [1.29, 1.82) is 0 Å². The second-order valence-electron chi connectivity index (χ2n) is 5.83. The van der Waals surface area contributed by atoms with Crippen molar-refractivity contribution in [2.45, 2.75) is 19.6 Å². The molecule has 0 N–H and O–H groups in total. The molecule has 3 amide bonds.